The summed E-state index contributed by atoms with van der Waals surface area (Å²) in [4.78, 5) is 24.4. The van der Waals surface area contributed by atoms with Gasteiger partial charge in [0, 0.05) is 6.54 Å². The van der Waals surface area contributed by atoms with E-state index in [1.807, 2.05) is 6.07 Å². The van der Waals surface area contributed by atoms with Crippen LogP contribution >= 0.6 is 0 Å². The van der Waals surface area contributed by atoms with Crippen LogP contribution in [0.25, 0.3) is 0 Å². The molecule has 0 fully saturated rings. The summed E-state index contributed by atoms with van der Waals surface area (Å²) in [6, 6.07) is 8.27. The number of rotatable bonds is 2. The lowest BCUT2D eigenvalue weighted by molar-refractivity contribution is -0.122. The predicted octanol–water partition coefficient (Wildman–Crippen LogP) is 2.44. The fourth-order valence-corrected chi connectivity index (χ4v) is 3.23. The maximum Gasteiger partial charge on any atom is 0.265 e. The van der Waals surface area contributed by atoms with Crippen molar-refractivity contribution in [3.8, 4) is 5.75 Å². The number of ether oxygens (including phenoxy) is 1. The lowest BCUT2D eigenvalue weighted by Crippen LogP contribution is -2.35. The molecule has 0 spiro atoms. The minimum atomic E-state index is -0.704. The monoisotopic (exact) mass is 355 g/mol. The van der Waals surface area contributed by atoms with Gasteiger partial charge in [0.25, 0.3) is 11.8 Å². The van der Waals surface area contributed by atoms with Crippen molar-refractivity contribution in [2.24, 2.45) is 0 Å². The van der Waals surface area contributed by atoms with Gasteiger partial charge in [-0.2, -0.15) is 0 Å². The van der Waals surface area contributed by atoms with E-state index in [0.29, 0.717) is 36.5 Å². The van der Waals surface area contributed by atoms with Gasteiger partial charge in [0.15, 0.2) is 11.9 Å². The summed E-state index contributed by atoms with van der Waals surface area (Å²) < 4.78 is 20.3. The Hall–Kier alpha value is -2.93. The number of anilines is 2. The lowest BCUT2D eigenvalue weighted by atomic mass is 9.99. The van der Waals surface area contributed by atoms with E-state index in [9.17, 15) is 14.0 Å². The van der Waals surface area contributed by atoms with Crippen molar-refractivity contribution < 1.29 is 18.7 Å². The maximum atomic E-state index is 14.8. The van der Waals surface area contributed by atoms with E-state index in [1.54, 1.807) is 31.2 Å². The molecule has 3 N–H and O–H groups in total. The fraction of sp³-hybridized carbons (Fsp3) is 0.263. The van der Waals surface area contributed by atoms with Crippen molar-refractivity contribution in [3.05, 3.63) is 52.8 Å². The SMILES string of the molecule is CC1Oc2c(cccc2C(=O)Nc2ccc3c(c2F)CCNC3)NC1=O. The van der Waals surface area contributed by atoms with Crippen LogP contribution in [0.5, 0.6) is 5.75 Å². The summed E-state index contributed by atoms with van der Waals surface area (Å²) >= 11 is 0. The van der Waals surface area contributed by atoms with Crippen molar-refractivity contribution in [3.63, 3.8) is 0 Å². The zero-order valence-electron chi connectivity index (χ0n) is 14.2. The van der Waals surface area contributed by atoms with Gasteiger partial charge in [0.1, 0.15) is 5.82 Å². The number of hydrogen-bond acceptors (Lipinski definition) is 4. The quantitative estimate of drug-likeness (QED) is 0.773. The molecule has 2 aliphatic rings. The van der Waals surface area contributed by atoms with Crippen LogP contribution in [0.1, 0.15) is 28.4 Å². The first kappa shape index (κ1) is 16.5. The molecular formula is C19H18FN3O3. The van der Waals surface area contributed by atoms with Gasteiger partial charge >= 0.3 is 0 Å². The summed E-state index contributed by atoms with van der Waals surface area (Å²) in [5.74, 6) is -0.869. The molecule has 2 aliphatic heterocycles. The van der Waals surface area contributed by atoms with Gasteiger partial charge in [-0.05, 0) is 49.2 Å². The van der Waals surface area contributed by atoms with Crippen LogP contribution < -0.4 is 20.7 Å². The Morgan fingerprint density at radius 2 is 2.15 bits per heavy atom. The van der Waals surface area contributed by atoms with Crippen molar-refractivity contribution in [1.82, 2.24) is 5.32 Å². The Bertz CT molecular complexity index is 913. The van der Waals surface area contributed by atoms with Crippen LogP contribution in [0, 0.1) is 5.82 Å². The average molecular weight is 355 g/mol. The molecular weight excluding hydrogens is 337 g/mol. The van der Waals surface area contributed by atoms with Crippen LogP contribution in [0.4, 0.5) is 15.8 Å². The number of halogens is 1. The predicted molar refractivity (Wildman–Crippen MR) is 94.9 cm³/mol. The molecule has 2 heterocycles. The third-order valence-corrected chi connectivity index (χ3v) is 4.64. The molecule has 0 aromatic heterocycles. The fourth-order valence-electron chi connectivity index (χ4n) is 3.23. The first-order valence-electron chi connectivity index (χ1n) is 8.47. The number of hydrogen-bond donors (Lipinski definition) is 3. The van der Waals surface area contributed by atoms with Gasteiger partial charge in [-0.3, -0.25) is 9.59 Å². The minimum Gasteiger partial charge on any atom is -0.478 e. The number of amides is 2. The first-order chi connectivity index (χ1) is 12.5. The smallest absolute Gasteiger partial charge is 0.265 e. The standard InChI is InChI=1S/C19H18FN3O3/c1-10-18(24)23-15-4-2-3-13(17(15)26-10)19(25)22-14-6-5-11-9-21-8-7-12(11)16(14)20/h2-6,10,21H,7-9H2,1H3,(H,22,25)(H,23,24). The molecule has 0 radical (unpaired) electrons. The highest BCUT2D eigenvalue weighted by Gasteiger charge is 2.28. The lowest BCUT2D eigenvalue weighted by Gasteiger charge is -2.25. The molecule has 2 aromatic rings. The second kappa shape index (κ2) is 6.42. The van der Waals surface area contributed by atoms with Gasteiger partial charge in [-0.25, -0.2) is 4.39 Å². The molecule has 1 unspecified atom stereocenters. The van der Waals surface area contributed by atoms with E-state index in [-0.39, 0.29) is 17.2 Å². The van der Waals surface area contributed by atoms with Gasteiger partial charge < -0.3 is 20.7 Å². The van der Waals surface area contributed by atoms with E-state index in [1.165, 1.54) is 0 Å². The van der Waals surface area contributed by atoms with E-state index in [4.69, 9.17) is 4.74 Å². The molecule has 0 saturated carbocycles. The summed E-state index contributed by atoms with van der Waals surface area (Å²) in [6.07, 6.45) is -0.123. The highest BCUT2D eigenvalue weighted by atomic mass is 19.1. The molecule has 26 heavy (non-hydrogen) atoms. The Balaban J connectivity index is 1.64. The summed E-state index contributed by atoms with van der Waals surface area (Å²) in [6.45, 7) is 2.93. The van der Waals surface area contributed by atoms with Gasteiger partial charge in [0.2, 0.25) is 0 Å². The van der Waals surface area contributed by atoms with E-state index in [0.717, 1.165) is 5.56 Å². The van der Waals surface area contributed by atoms with Crippen molar-refractivity contribution >= 4 is 23.2 Å². The van der Waals surface area contributed by atoms with Crippen LogP contribution in [-0.4, -0.2) is 24.5 Å². The van der Waals surface area contributed by atoms with E-state index >= 15 is 0 Å². The zero-order chi connectivity index (χ0) is 18.3. The van der Waals surface area contributed by atoms with Gasteiger partial charge in [0.05, 0.1) is 16.9 Å². The molecule has 0 saturated heterocycles. The molecule has 134 valence electrons. The summed E-state index contributed by atoms with van der Waals surface area (Å²) in [5, 5.41) is 8.51. The molecule has 2 aromatic carbocycles. The maximum absolute atomic E-state index is 14.8. The first-order valence-corrected chi connectivity index (χ1v) is 8.47. The highest BCUT2D eigenvalue weighted by Crippen LogP contribution is 2.34. The minimum absolute atomic E-state index is 0.140. The number of carbonyl (C=O) groups excluding carboxylic acids is 2. The second-order valence-corrected chi connectivity index (χ2v) is 6.38. The Morgan fingerprint density at radius 3 is 3.00 bits per heavy atom. The number of nitrogens with one attached hydrogen (secondary N) is 3. The summed E-state index contributed by atoms with van der Waals surface area (Å²) in [7, 11) is 0. The van der Waals surface area contributed by atoms with E-state index in [2.05, 4.69) is 16.0 Å². The molecule has 2 amide bonds. The van der Waals surface area contributed by atoms with Crippen molar-refractivity contribution in [2.75, 3.05) is 17.2 Å². The van der Waals surface area contributed by atoms with Gasteiger partial charge in [-0.15, -0.1) is 0 Å². The largest absolute Gasteiger partial charge is 0.478 e. The molecule has 1 atom stereocenters. The third kappa shape index (κ3) is 2.80. The number of carbonyl (C=O) groups is 2. The van der Waals surface area contributed by atoms with Crippen LogP contribution in [0.2, 0.25) is 0 Å². The zero-order valence-corrected chi connectivity index (χ0v) is 14.2. The Kier molecular flexibility index (Phi) is 4.08. The highest BCUT2D eigenvalue weighted by molar-refractivity contribution is 6.09. The number of para-hydroxylation sites is 1. The van der Waals surface area contributed by atoms with Gasteiger partial charge in [-0.1, -0.05) is 12.1 Å². The molecule has 6 nitrogen and oxygen atoms in total. The van der Waals surface area contributed by atoms with Crippen molar-refractivity contribution in [1.29, 1.82) is 0 Å². The van der Waals surface area contributed by atoms with Crippen LogP contribution in [-0.2, 0) is 17.8 Å². The number of benzene rings is 2. The third-order valence-electron chi connectivity index (χ3n) is 4.64. The molecule has 0 aliphatic carbocycles. The van der Waals surface area contributed by atoms with Crippen LogP contribution in [0.15, 0.2) is 30.3 Å². The molecule has 7 heteroatoms. The Labute approximate surface area is 149 Å². The number of fused-ring (bicyclic) bond motifs is 2. The summed E-state index contributed by atoms with van der Waals surface area (Å²) in [5.41, 5.74) is 2.35. The Morgan fingerprint density at radius 1 is 1.31 bits per heavy atom. The normalized spacial score (nSPS) is 18.2. The van der Waals surface area contributed by atoms with E-state index < -0.39 is 17.8 Å². The average Bonchev–Trinajstić information content (AvgIpc) is 2.64. The second-order valence-electron chi connectivity index (χ2n) is 6.38. The topological polar surface area (TPSA) is 79.5 Å². The van der Waals surface area contributed by atoms with Crippen molar-refractivity contribution in [2.45, 2.75) is 26.0 Å². The van der Waals surface area contributed by atoms with Crippen LogP contribution in [0.3, 0.4) is 0 Å². The molecule has 4 rings (SSSR count). The molecule has 0 bridgehead atoms.